The summed E-state index contributed by atoms with van der Waals surface area (Å²) in [6, 6.07) is 3.87. The fourth-order valence-electron chi connectivity index (χ4n) is 5.60. The van der Waals surface area contributed by atoms with E-state index >= 15 is 0 Å². The Hall–Kier alpha value is -2.46. The average molecular weight is 525 g/mol. The SMILES string of the molecule is CNCC(CC1CCCCC1)NC(=O)N1CCC[C@@H]([C@@H](OCCN(C)C(=O)O)c2cccc(F)c2F)C1. The number of urea groups is 1. The lowest BCUT2D eigenvalue weighted by molar-refractivity contribution is -0.0177. The number of amides is 3. The topological polar surface area (TPSA) is 94.1 Å². The molecule has 3 rings (SSSR count). The third-order valence-corrected chi connectivity index (χ3v) is 7.63. The maximum Gasteiger partial charge on any atom is 0.407 e. The molecule has 1 saturated heterocycles. The minimum absolute atomic E-state index is 0.0255. The van der Waals surface area contributed by atoms with Crippen molar-refractivity contribution in [2.45, 2.75) is 63.5 Å². The molecule has 3 N–H and O–H groups in total. The van der Waals surface area contributed by atoms with Crippen LogP contribution in [0.15, 0.2) is 18.2 Å². The molecular formula is C27H42F2N4O4. The minimum Gasteiger partial charge on any atom is -0.465 e. The summed E-state index contributed by atoms with van der Waals surface area (Å²) in [6.45, 7) is 1.73. The Morgan fingerprint density at radius 1 is 1.19 bits per heavy atom. The van der Waals surface area contributed by atoms with Gasteiger partial charge in [0.25, 0.3) is 0 Å². The number of benzene rings is 1. The van der Waals surface area contributed by atoms with E-state index in [9.17, 15) is 18.4 Å². The molecule has 2 aliphatic rings. The van der Waals surface area contributed by atoms with Crippen LogP contribution in [0.3, 0.4) is 0 Å². The quantitative estimate of drug-likeness (QED) is 0.393. The van der Waals surface area contributed by atoms with E-state index in [1.165, 1.54) is 51.3 Å². The lowest BCUT2D eigenvalue weighted by Crippen LogP contribution is -2.52. The van der Waals surface area contributed by atoms with Crippen LogP contribution in [0.5, 0.6) is 0 Å². The van der Waals surface area contributed by atoms with Gasteiger partial charge in [-0.05, 0) is 38.3 Å². The number of piperidine rings is 1. The maximum absolute atomic E-state index is 14.8. The molecule has 3 amide bonds. The molecule has 1 aromatic carbocycles. The molecule has 1 aliphatic carbocycles. The van der Waals surface area contributed by atoms with Crippen molar-refractivity contribution < 1.29 is 28.2 Å². The standard InChI is InChI=1S/C27H42F2N4O4/c1-30-17-21(16-19-8-4-3-5-9-19)31-26(34)33-13-7-10-20(18-33)25(37-15-14-32(2)27(35)36)22-11-6-12-23(28)24(22)29/h6,11-12,19-21,25,30H,3-5,7-10,13-18H2,1-2H3,(H,31,34)(H,35,36)/t20-,21?,25-/m1/s1. The van der Waals surface area contributed by atoms with Crippen LogP contribution < -0.4 is 10.6 Å². The Morgan fingerprint density at radius 2 is 1.95 bits per heavy atom. The zero-order valence-electron chi connectivity index (χ0n) is 22.1. The van der Waals surface area contributed by atoms with Crippen LogP contribution in [0.25, 0.3) is 0 Å². The number of nitrogens with zero attached hydrogens (tertiary/aromatic N) is 2. The first-order valence-electron chi connectivity index (χ1n) is 13.5. The molecule has 2 fully saturated rings. The summed E-state index contributed by atoms with van der Waals surface area (Å²) >= 11 is 0. The highest BCUT2D eigenvalue weighted by Crippen LogP contribution is 2.35. The summed E-state index contributed by atoms with van der Waals surface area (Å²) in [5, 5.41) is 15.5. The highest BCUT2D eigenvalue weighted by Gasteiger charge is 2.34. The van der Waals surface area contributed by atoms with Gasteiger partial charge in [0, 0.05) is 50.7 Å². The largest absolute Gasteiger partial charge is 0.465 e. The van der Waals surface area contributed by atoms with Crippen LogP contribution in [0.4, 0.5) is 18.4 Å². The van der Waals surface area contributed by atoms with Gasteiger partial charge in [0.1, 0.15) is 0 Å². The van der Waals surface area contributed by atoms with Crippen LogP contribution in [-0.4, -0.2) is 80.0 Å². The number of ether oxygens (including phenoxy) is 1. The van der Waals surface area contributed by atoms with Gasteiger partial charge < -0.3 is 30.3 Å². The van der Waals surface area contributed by atoms with Crippen molar-refractivity contribution in [3.8, 4) is 0 Å². The molecule has 8 nitrogen and oxygen atoms in total. The lowest BCUT2D eigenvalue weighted by Gasteiger charge is -2.38. The van der Waals surface area contributed by atoms with Gasteiger partial charge in [0.05, 0.1) is 12.7 Å². The van der Waals surface area contributed by atoms with Gasteiger partial charge in [0.2, 0.25) is 0 Å². The summed E-state index contributed by atoms with van der Waals surface area (Å²) in [6.07, 6.45) is 6.64. The van der Waals surface area contributed by atoms with E-state index in [-0.39, 0.29) is 36.7 Å². The fourth-order valence-corrected chi connectivity index (χ4v) is 5.60. The molecule has 37 heavy (non-hydrogen) atoms. The number of halogens is 2. The van der Waals surface area contributed by atoms with Crippen LogP contribution in [0.1, 0.15) is 63.0 Å². The van der Waals surface area contributed by atoms with E-state index in [1.54, 1.807) is 4.90 Å². The maximum atomic E-state index is 14.8. The van der Waals surface area contributed by atoms with Gasteiger partial charge in [-0.2, -0.15) is 0 Å². The highest BCUT2D eigenvalue weighted by molar-refractivity contribution is 5.74. The number of likely N-dealkylation sites (N-methyl/N-ethyl adjacent to an activating group) is 2. The first-order chi connectivity index (χ1) is 17.8. The van der Waals surface area contributed by atoms with Crippen LogP contribution in [0.2, 0.25) is 0 Å². The van der Waals surface area contributed by atoms with Crippen molar-refractivity contribution in [2.75, 3.05) is 46.9 Å². The van der Waals surface area contributed by atoms with E-state index < -0.39 is 23.8 Å². The Bertz CT molecular complexity index is 884. The van der Waals surface area contributed by atoms with E-state index in [0.717, 1.165) is 17.4 Å². The monoisotopic (exact) mass is 524 g/mol. The number of likely N-dealkylation sites (tertiary alicyclic amines) is 1. The predicted molar refractivity (Wildman–Crippen MR) is 137 cm³/mol. The number of nitrogens with one attached hydrogen (secondary N) is 2. The number of hydrogen-bond donors (Lipinski definition) is 3. The zero-order valence-corrected chi connectivity index (χ0v) is 22.1. The zero-order chi connectivity index (χ0) is 26.8. The van der Waals surface area contributed by atoms with Crippen LogP contribution in [0, 0.1) is 23.5 Å². The van der Waals surface area contributed by atoms with Gasteiger partial charge in [-0.25, -0.2) is 18.4 Å². The van der Waals surface area contributed by atoms with E-state index in [2.05, 4.69) is 10.6 Å². The fraction of sp³-hybridized carbons (Fsp3) is 0.704. The van der Waals surface area contributed by atoms with Crippen molar-refractivity contribution in [1.29, 1.82) is 0 Å². The first kappa shape index (κ1) is 29.1. The van der Waals surface area contributed by atoms with Crippen molar-refractivity contribution in [1.82, 2.24) is 20.4 Å². The second-order valence-corrected chi connectivity index (χ2v) is 10.4. The molecule has 1 unspecified atom stereocenters. The molecule has 10 heteroatoms. The third-order valence-electron chi connectivity index (χ3n) is 7.63. The second-order valence-electron chi connectivity index (χ2n) is 10.4. The van der Waals surface area contributed by atoms with Gasteiger partial charge in [0.15, 0.2) is 11.6 Å². The Labute approximate surface area is 218 Å². The van der Waals surface area contributed by atoms with Crippen molar-refractivity contribution in [3.63, 3.8) is 0 Å². The van der Waals surface area contributed by atoms with Crippen molar-refractivity contribution in [2.24, 2.45) is 11.8 Å². The van der Waals surface area contributed by atoms with Crippen molar-refractivity contribution >= 4 is 12.1 Å². The summed E-state index contributed by atoms with van der Waals surface area (Å²) in [4.78, 5) is 27.2. The molecule has 1 saturated carbocycles. The van der Waals surface area contributed by atoms with Gasteiger partial charge in [-0.1, -0.05) is 44.2 Å². The van der Waals surface area contributed by atoms with Gasteiger partial charge >= 0.3 is 12.1 Å². The average Bonchev–Trinajstić information content (AvgIpc) is 2.89. The van der Waals surface area contributed by atoms with E-state index in [0.29, 0.717) is 38.4 Å². The summed E-state index contributed by atoms with van der Waals surface area (Å²) in [5.41, 5.74) is 0.0931. The van der Waals surface area contributed by atoms with Crippen molar-refractivity contribution in [3.05, 3.63) is 35.4 Å². The Kier molecular flexibility index (Phi) is 11.4. The summed E-state index contributed by atoms with van der Waals surface area (Å²) in [7, 11) is 3.30. The number of carbonyl (C=O) groups excluding carboxylic acids is 1. The number of hydrogen-bond acceptors (Lipinski definition) is 4. The number of rotatable bonds is 11. The van der Waals surface area contributed by atoms with Gasteiger partial charge in [-0.3, -0.25) is 0 Å². The predicted octanol–water partition coefficient (Wildman–Crippen LogP) is 4.61. The Balaban J connectivity index is 1.68. The summed E-state index contributed by atoms with van der Waals surface area (Å²) < 4.78 is 34.9. The van der Waals surface area contributed by atoms with E-state index in [4.69, 9.17) is 9.84 Å². The molecule has 0 bridgehead atoms. The molecule has 0 spiro atoms. The second kappa shape index (κ2) is 14.5. The third kappa shape index (κ3) is 8.53. The smallest absolute Gasteiger partial charge is 0.407 e. The molecule has 0 aromatic heterocycles. The lowest BCUT2D eigenvalue weighted by atomic mass is 9.85. The highest BCUT2D eigenvalue weighted by atomic mass is 19.2. The minimum atomic E-state index is -1.10. The Morgan fingerprint density at radius 3 is 2.65 bits per heavy atom. The normalized spacial score (nSPS) is 20.3. The molecule has 0 radical (unpaired) electrons. The molecule has 1 aromatic rings. The molecular weight excluding hydrogens is 482 g/mol. The molecule has 1 heterocycles. The van der Waals surface area contributed by atoms with Crippen LogP contribution >= 0.6 is 0 Å². The van der Waals surface area contributed by atoms with E-state index in [1.807, 2.05) is 7.05 Å². The number of carbonyl (C=O) groups is 2. The molecule has 208 valence electrons. The first-order valence-corrected chi connectivity index (χ1v) is 13.5. The molecule has 1 aliphatic heterocycles. The number of carboxylic acid groups (broad SMARTS) is 1. The summed E-state index contributed by atoms with van der Waals surface area (Å²) in [5.74, 6) is -1.56. The van der Waals surface area contributed by atoms with Crippen LogP contribution in [-0.2, 0) is 4.74 Å². The van der Waals surface area contributed by atoms with Gasteiger partial charge in [-0.15, -0.1) is 0 Å². The molecule has 3 atom stereocenters.